The van der Waals surface area contributed by atoms with Gasteiger partial charge in [0.1, 0.15) is 11.6 Å². The van der Waals surface area contributed by atoms with Gasteiger partial charge in [0.15, 0.2) is 5.78 Å². The van der Waals surface area contributed by atoms with E-state index in [1.165, 1.54) is 0 Å². The summed E-state index contributed by atoms with van der Waals surface area (Å²) < 4.78 is 5.33. The number of hydrogen-bond donors (Lipinski definition) is 3. The van der Waals surface area contributed by atoms with E-state index in [9.17, 15) is 19.2 Å². The number of benzene rings is 2. The molecule has 1 fully saturated rings. The Morgan fingerprint density at radius 3 is 1.87 bits per heavy atom. The third-order valence-corrected chi connectivity index (χ3v) is 6.73. The van der Waals surface area contributed by atoms with Crippen LogP contribution in [0.4, 0.5) is 0 Å². The average molecular weight is 536 g/mol. The van der Waals surface area contributed by atoms with Crippen LogP contribution in [-0.2, 0) is 19.1 Å². The van der Waals surface area contributed by atoms with E-state index in [2.05, 4.69) is 16.0 Å². The minimum absolute atomic E-state index is 0.0593. The SMILES string of the molecule is CC(C)C[C@H](NC(=O)c1ccccc1)C(=O)NC(CC(=O)N[C@@H](CC(C)C)C(=O)[C@@]1(C)CO1)c1ccccc1. The van der Waals surface area contributed by atoms with Crippen LogP contribution < -0.4 is 16.0 Å². The van der Waals surface area contributed by atoms with Crippen LogP contribution in [0.1, 0.15) is 75.8 Å². The molecule has 1 unspecified atom stereocenters. The van der Waals surface area contributed by atoms with Crippen molar-refractivity contribution in [3.05, 3.63) is 71.8 Å². The molecule has 210 valence electrons. The molecule has 1 aliphatic heterocycles. The Hall–Kier alpha value is -3.52. The molecule has 1 saturated heterocycles. The van der Waals surface area contributed by atoms with Gasteiger partial charge >= 0.3 is 0 Å². The van der Waals surface area contributed by atoms with Crippen molar-refractivity contribution in [3.63, 3.8) is 0 Å². The number of amides is 3. The number of ether oxygens (including phenoxy) is 1. The number of nitrogens with one attached hydrogen (secondary N) is 3. The van der Waals surface area contributed by atoms with Gasteiger partial charge in [0.25, 0.3) is 5.91 Å². The highest BCUT2D eigenvalue weighted by atomic mass is 16.6. The molecule has 3 amide bonds. The smallest absolute Gasteiger partial charge is 0.251 e. The summed E-state index contributed by atoms with van der Waals surface area (Å²) in [7, 11) is 0. The molecular formula is C31H41N3O5. The zero-order valence-electron chi connectivity index (χ0n) is 23.5. The Kier molecular flexibility index (Phi) is 10.4. The molecule has 2 aromatic carbocycles. The first-order chi connectivity index (χ1) is 18.5. The molecule has 0 bridgehead atoms. The molecule has 39 heavy (non-hydrogen) atoms. The first-order valence-corrected chi connectivity index (χ1v) is 13.7. The highest BCUT2D eigenvalue weighted by molar-refractivity contribution is 5.98. The third kappa shape index (κ3) is 9.03. The molecule has 3 rings (SSSR count). The normalized spacial score (nSPS) is 18.6. The predicted molar refractivity (Wildman–Crippen MR) is 150 cm³/mol. The highest BCUT2D eigenvalue weighted by Gasteiger charge is 2.50. The second-order valence-corrected chi connectivity index (χ2v) is 11.3. The van der Waals surface area contributed by atoms with Crippen molar-refractivity contribution in [2.45, 2.75) is 77.6 Å². The number of Topliss-reactive ketones (excluding diaryl/α,β-unsaturated/α-hetero) is 1. The first kappa shape index (κ1) is 30.0. The van der Waals surface area contributed by atoms with E-state index in [1.54, 1.807) is 31.2 Å². The fourth-order valence-corrected chi connectivity index (χ4v) is 4.50. The fraction of sp³-hybridized carbons (Fsp3) is 0.484. The van der Waals surface area contributed by atoms with Crippen molar-refractivity contribution < 1.29 is 23.9 Å². The summed E-state index contributed by atoms with van der Waals surface area (Å²) in [5.41, 5.74) is 0.371. The van der Waals surface area contributed by atoms with Crippen LogP contribution in [0.25, 0.3) is 0 Å². The summed E-state index contributed by atoms with van der Waals surface area (Å²) >= 11 is 0. The van der Waals surface area contributed by atoms with Gasteiger partial charge in [-0.05, 0) is 49.3 Å². The Bertz CT molecular complexity index is 1130. The van der Waals surface area contributed by atoms with Gasteiger partial charge < -0.3 is 20.7 Å². The second-order valence-electron chi connectivity index (χ2n) is 11.3. The summed E-state index contributed by atoms with van der Waals surface area (Å²) in [6.45, 7) is 10.0. The van der Waals surface area contributed by atoms with Crippen LogP contribution in [-0.4, -0.2) is 47.8 Å². The lowest BCUT2D eigenvalue weighted by molar-refractivity contribution is -0.131. The zero-order chi connectivity index (χ0) is 28.6. The van der Waals surface area contributed by atoms with E-state index in [0.717, 1.165) is 5.56 Å². The van der Waals surface area contributed by atoms with E-state index >= 15 is 0 Å². The van der Waals surface area contributed by atoms with Crippen LogP contribution in [0.5, 0.6) is 0 Å². The minimum Gasteiger partial charge on any atom is -0.361 e. The molecule has 1 heterocycles. The Morgan fingerprint density at radius 2 is 1.33 bits per heavy atom. The van der Waals surface area contributed by atoms with Gasteiger partial charge in [-0.2, -0.15) is 0 Å². The van der Waals surface area contributed by atoms with Gasteiger partial charge in [-0.3, -0.25) is 19.2 Å². The maximum Gasteiger partial charge on any atom is 0.251 e. The topological polar surface area (TPSA) is 117 Å². The van der Waals surface area contributed by atoms with E-state index in [0.29, 0.717) is 25.0 Å². The van der Waals surface area contributed by atoms with Gasteiger partial charge in [0, 0.05) is 5.56 Å². The van der Waals surface area contributed by atoms with Crippen molar-refractivity contribution in [3.8, 4) is 0 Å². The maximum atomic E-state index is 13.5. The zero-order valence-corrected chi connectivity index (χ0v) is 23.5. The molecule has 0 spiro atoms. The van der Waals surface area contributed by atoms with Gasteiger partial charge in [-0.15, -0.1) is 0 Å². The molecule has 0 aliphatic carbocycles. The van der Waals surface area contributed by atoms with Crippen LogP contribution in [0.2, 0.25) is 0 Å². The van der Waals surface area contributed by atoms with Gasteiger partial charge in [0.2, 0.25) is 11.8 Å². The molecule has 0 radical (unpaired) electrons. The molecule has 0 aromatic heterocycles. The average Bonchev–Trinajstić information content (AvgIpc) is 3.65. The highest BCUT2D eigenvalue weighted by Crippen LogP contribution is 2.30. The first-order valence-electron chi connectivity index (χ1n) is 13.7. The predicted octanol–water partition coefficient (Wildman–Crippen LogP) is 3.97. The van der Waals surface area contributed by atoms with Crippen LogP contribution in [0.15, 0.2) is 60.7 Å². The van der Waals surface area contributed by atoms with Gasteiger partial charge in [0.05, 0.1) is 25.1 Å². The Morgan fingerprint density at radius 1 is 0.795 bits per heavy atom. The lowest BCUT2D eigenvalue weighted by atomic mass is 9.93. The number of carbonyl (C=O) groups is 4. The van der Waals surface area contributed by atoms with Crippen LogP contribution in [0.3, 0.4) is 0 Å². The lowest BCUT2D eigenvalue weighted by Crippen LogP contribution is -2.50. The van der Waals surface area contributed by atoms with Gasteiger partial charge in [-0.1, -0.05) is 76.2 Å². The summed E-state index contributed by atoms with van der Waals surface area (Å²) in [5, 5.41) is 8.74. The molecule has 1 aliphatic rings. The molecule has 2 aromatic rings. The van der Waals surface area contributed by atoms with Crippen molar-refractivity contribution in [2.24, 2.45) is 11.8 Å². The number of carbonyl (C=O) groups excluding carboxylic acids is 4. The number of rotatable bonds is 14. The number of epoxide rings is 1. The monoisotopic (exact) mass is 535 g/mol. The quantitative estimate of drug-likeness (QED) is 0.317. The summed E-state index contributed by atoms with van der Waals surface area (Å²) in [4.78, 5) is 52.6. The van der Waals surface area contributed by atoms with E-state index in [-0.39, 0.29) is 41.8 Å². The summed E-state index contributed by atoms with van der Waals surface area (Å²) in [6, 6.07) is 15.9. The van der Waals surface area contributed by atoms with E-state index < -0.39 is 23.7 Å². The van der Waals surface area contributed by atoms with Crippen molar-refractivity contribution in [1.82, 2.24) is 16.0 Å². The van der Waals surface area contributed by atoms with E-state index in [1.807, 2.05) is 64.1 Å². The standard InChI is InChI=1S/C31H41N3O5/c1-20(2)16-25(28(36)31(5)19-39-31)32-27(35)18-24(22-12-8-6-9-13-22)33-30(38)26(17-21(3)4)34-29(37)23-14-10-7-11-15-23/h6-15,20-21,24-26H,16-19H2,1-5H3,(H,32,35)(H,33,38)(H,34,37)/t24?,25-,26-,31+/m0/s1. The second kappa shape index (κ2) is 13.5. The van der Waals surface area contributed by atoms with Crippen LogP contribution in [0, 0.1) is 11.8 Å². The molecule has 8 nitrogen and oxygen atoms in total. The third-order valence-electron chi connectivity index (χ3n) is 6.73. The summed E-state index contributed by atoms with van der Waals surface area (Å²) in [6.07, 6.45) is 0.867. The van der Waals surface area contributed by atoms with E-state index in [4.69, 9.17) is 4.74 Å². The number of ketones is 1. The minimum atomic E-state index is -0.846. The van der Waals surface area contributed by atoms with Crippen molar-refractivity contribution in [1.29, 1.82) is 0 Å². The molecule has 4 atom stereocenters. The molecular weight excluding hydrogens is 494 g/mol. The Labute approximate surface area is 231 Å². The largest absolute Gasteiger partial charge is 0.361 e. The fourth-order valence-electron chi connectivity index (χ4n) is 4.50. The Balaban J connectivity index is 1.75. The van der Waals surface area contributed by atoms with Crippen LogP contribution >= 0.6 is 0 Å². The van der Waals surface area contributed by atoms with Gasteiger partial charge in [-0.25, -0.2) is 0 Å². The molecule has 8 heteroatoms. The molecule has 3 N–H and O–H groups in total. The number of hydrogen-bond acceptors (Lipinski definition) is 5. The summed E-state index contributed by atoms with van der Waals surface area (Å²) in [5.74, 6) is -0.855. The van der Waals surface area contributed by atoms with Crippen molar-refractivity contribution >= 4 is 23.5 Å². The maximum absolute atomic E-state index is 13.5. The lowest BCUT2D eigenvalue weighted by Gasteiger charge is -2.26. The molecule has 0 saturated carbocycles. The van der Waals surface area contributed by atoms with Crippen molar-refractivity contribution in [2.75, 3.05) is 6.61 Å².